The molecule has 3 rings (SSSR count). The van der Waals surface area contributed by atoms with E-state index in [0.717, 1.165) is 13.0 Å². The normalized spacial score (nSPS) is 17.9. The number of nitrogens with one attached hydrogen (secondary N) is 1. The third-order valence-electron chi connectivity index (χ3n) is 3.86. The maximum atomic E-state index is 12.6. The molecule has 104 valence electrons. The number of Topliss-reactive ketones (excluding diaryl/α,β-unsaturated/α-hetero) is 1. The summed E-state index contributed by atoms with van der Waals surface area (Å²) in [5, 5.41) is 2.08. The van der Waals surface area contributed by atoms with Gasteiger partial charge in [-0.1, -0.05) is 0 Å². The number of hydrogen-bond acceptors (Lipinski definition) is 3. The summed E-state index contributed by atoms with van der Waals surface area (Å²) in [5.41, 5.74) is 2.28. The van der Waals surface area contributed by atoms with Crippen LogP contribution >= 0.6 is 11.3 Å². The highest BCUT2D eigenvalue weighted by molar-refractivity contribution is 7.10. The Morgan fingerprint density at radius 1 is 1.45 bits per heavy atom. The van der Waals surface area contributed by atoms with Crippen molar-refractivity contribution in [2.24, 2.45) is 0 Å². The minimum Gasteiger partial charge on any atom is -0.356 e. The van der Waals surface area contributed by atoms with Gasteiger partial charge in [0, 0.05) is 23.2 Å². The number of aromatic amines is 1. The Bertz CT molecular complexity index is 671. The first-order valence-electron chi connectivity index (χ1n) is 6.64. The number of H-pyrrole nitrogens is 1. The number of carbonyl (C=O) groups excluding carboxylic acids is 2. The molecule has 5 heteroatoms. The molecule has 0 bridgehead atoms. The number of aromatic nitrogens is 1. The van der Waals surface area contributed by atoms with Crippen molar-refractivity contribution >= 4 is 23.0 Å². The van der Waals surface area contributed by atoms with Crippen LogP contribution in [0.15, 0.2) is 23.7 Å². The lowest BCUT2D eigenvalue weighted by molar-refractivity contribution is 0.0674. The minimum absolute atomic E-state index is 0.0351. The summed E-state index contributed by atoms with van der Waals surface area (Å²) in [7, 11) is 0. The Kier molecular flexibility index (Phi) is 3.22. The number of thiophene rings is 1. The average Bonchev–Trinajstić information content (AvgIpc) is 3.08. The quantitative estimate of drug-likeness (QED) is 0.864. The predicted molar refractivity (Wildman–Crippen MR) is 78.3 cm³/mol. The van der Waals surface area contributed by atoms with Gasteiger partial charge in [0.2, 0.25) is 0 Å². The number of hydrogen-bond donors (Lipinski definition) is 1. The maximum absolute atomic E-state index is 12.6. The second-order valence-corrected chi connectivity index (χ2v) is 6.08. The van der Waals surface area contributed by atoms with E-state index in [9.17, 15) is 9.59 Å². The molecule has 4 nitrogen and oxygen atoms in total. The third kappa shape index (κ3) is 2.08. The molecular weight excluding hydrogens is 272 g/mol. The van der Waals surface area contributed by atoms with Gasteiger partial charge in [-0.3, -0.25) is 9.59 Å². The lowest BCUT2D eigenvalue weighted by Crippen LogP contribution is -2.38. The average molecular weight is 288 g/mol. The fraction of sp³-hybridized carbons (Fsp3) is 0.333. The molecule has 2 aromatic rings. The second kappa shape index (κ2) is 4.90. The van der Waals surface area contributed by atoms with E-state index in [0.29, 0.717) is 11.3 Å². The Labute approximate surface area is 121 Å². The smallest absolute Gasteiger partial charge is 0.270 e. The summed E-state index contributed by atoms with van der Waals surface area (Å²) in [5.74, 6) is -0.0750. The van der Waals surface area contributed by atoms with Crippen LogP contribution in [0.4, 0.5) is 0 Å². The SMILES string of the molecule is CC(=O)c1c[nH]c(C(=O)N2CCc3sccc3[C@H]2C)c1. The molecule has 1 N–H and O–H groups in total. The first-order chi connectivity index (χ1) is 9.58. The maximum Gasteiger partial charge on any atom is 0.270 e. The van der Waals surface area contributed by atoms with E-state index in [1.54, 1.807) is 23.6 Å². The first-order valence-corrected chi connectivity index (χ1v) is 7.52. The van der Waals surface area contributed by atoms with E-state index in [2.05, 4.69) is 23.4 Å². The van der Waals surface area contributed by atoms with Crippen LogP contribution in [0.25, 0.3) is 0 Å². The Balaban J connectivity index is 1.86. The van der Waals surface area contributed by atoms with Crippen LogP contribution in [0.5, 0.6) is 0 Å². The molecule has 0 fully saturated rings. The summed E-state index contributed by atoms with van der Waals surface area (Å²) in [6.07, 6.45) is 2.50. The zero-order chi connectivity index (χ0) is 14.3. The molecule has 1 amide bonds. The molecule has 20 heavy (non-hydrogen) atoms. The zero-order valence-corrected chi connectivity index (χ0v) is 12.3. The van der Waals surface area contributed by atoms with Crippen molar-refractivity contribution in [3.63, 3.8) is 0 Å². The van der Waals surface area contributed by atoms with Crippen molar-refractivity contribution in [2.45, 2.75) is 26.3 Å². The minimum atomic E-state index is -0.0400. The van der Waals surface area contributed by atoms with Gasteiger partial charge >= 0.3 is 0 Å². The molecule has 1 aliphatic heterocycles. The van der Waals surface area contributed by atoms with Crippen LogP contribution in [0.2, 0.25) is 0 Å². The predicted octanol–water partition coefficient (Wildman–Crippen LogP) is 3.04. The Morgan fingerprint density at radius 3 is 2.95 bits per heavy atom. The molecule has 2 aromatic heterocycles. The standard InChI is InChI=1S/C15H16N2O2S/c1-9-12-4-6-20-14(12)3-5-17(9)15(19)13-7-11(8-16-13)10(2)18/h4,6-9,16H,3,5H2,1-2H3/t9-/m1/s1. The van der Waals surface area contributed by atoms with Crippen molar-refractivity contribution in [3.8, 4) is 0 Å². The highest BCUT2D eigenvalue weighted by Gasteiger charge is 2.29. The fourth-order valence-electron chi connectivity index (χ4n) is 2.66. The van der Waals surface area contributed by atoms with Crippen molar-refractivity contribution in [1.82, 2.24) is 9.88 Å². The van der Waals surface area contributed by atoms with E-state index in [4.69, 9.17) is 0 Å². The Hall–Kier alpha value is -1.88. The van der Waals surface area contributed by atoms with E-state index in [-0.39, 0.29) is 17.7 Å². The number of nitrogens with zero attached hydrogens (tertiary/aromatic N) is 1. The van der Waals surface area contributed by atoms with Crippen molar-refractivity contribution in [2.75, 3.05) is 6.54 Å². The summed E-state index contributed by atoms with van der Waals surface area (Å²) in [4.78, 5) is 30.0. The number of fused-ring (bicyclic) bond motifs is 1. The molecule has 0 radical (unpaired) electrons. The van der Waals surface area contributed by atoms with E-state index in [1.807, 2.05) is 4.90 Å². The van der Waals surface area contributed by atoms with Crippen molar-refractivity contribution < 1.29 is 9.59 Å². The Morgan fingerprint density at radius 2 is 2.25 bits per heavy atom. The van der Waals surface area contributed by atoms with Crippen LogP contribution < -0.4 is 0 Å². The highest BCUT2D eigenvalue weighted by atomic mass is 32.1. The molecular formula is C15H16N2O2S. The van der Waals surface area contributed by atoms with Gasteiger partial charge in [0.1, 0.15) is 5.69 Å². The van der Waals surface area contributed by atoms with Gasteiger partial charge in [-0.15, -0.1) is 11.3 Å². The van der Waals surface area contributed by atoms with Crippen molar-refractivity contribution in [1.29, 1.82) is 0 Å². The number of rotatable bonds is 2. The largest absolute Gasteiger partial charge is 0.356 e. The van der Waals surface area contributed by atoms with Crippen LogP contribution in [-0.2, 0) is 6.42 Å². The van der Waals surface area contributed by atoms with E-state index >= 15 is 0 Å². The number of amides is 1. The van der Waals surface area contributed by atoms with Crippen LogP contribution in [-0.4, -0.2) is 28.1 Å². The summed E-state index contributed by atoms with van der Waals surface area (Å²) in [6.45, 7) is 4.28. The van der Waals surface area contributed by atoms with Gasteiger partial charge in [-0.25, -0.2) is 0 Å². The fourth-order valence-corrected chi connectivity index (χ4v) is 3.63. The van der Waals surface area contributed by atoms with Gasteiger partial charge in [-0.2, -0.15) is 0 Å². The summed E-state index contributed by atoms with van der Waals surface area (Å²) < 4.78 is 0. The van der Waals surface area contributed by atoms with Crippen LogP contribution in [0.3, 0.4) is 0 Å². The molecule has 0 saturated heterocycles. The van der Waals surface area contributed by atoms with E-state index in [1.165, 1.54) is 17.4 Å². The van der Waals surface area contributed by atoms with Gasteiger partial charge in [0.05, 0.1) is 6.04 Å². The molecule has 0 aromatic carbocycles. The number of ketones is 1. The zero-order valence-electron chi connectivity index (χ0n) is 11.5. The summed E-state index contributed by atoms with van der Waals surface area (Å²) >= 11 is 1.76. The van der Waals surface area contributed by atoms with Gasteiger partial charge in [-0.05, 0) is 43.3 Å². The van der Waals surface area contributed by atoms with Crippen LogP contribution in [0.1, 0.15) is 51.2 Å². The molecule has 1 atom stereocenters. The molecule has 0 aliphatic carbocycles. The molecule has 1 aliphatic rings. The van der Waals surface area contributed by atoms with Crippen molar-refractivity contribution in [3.05, 3.63) is 45.4 Å². The molecule has 0 spiro atoms. The molecule has 0 saturated carbocycles. The van der Waals surface area contributed by atoms with E-state index < -0.39 is 0 Å². The number of carbonyl (C=O) groups is 2. The third-order valence-corrected chi connectivity index (χ3v) is 4.85. The lowest BCUT2D eigenvalue weighted by atomic mass is 10.0. The molecule has 0 unspecified atom stereocenters. The van der Waals surface area contributed by atoms with Crippen LogP contribution in [0, 0.1) is 0 Å². The molecule has 3 heterocycles. The first kappa shape index (κ1) is 13.1. The van der Waals surface area contributed by atoms with Gasteiger partial charge in [0.15, 0.2) is 5.78 Å². The topological polar surface area (TPSA) is 53.2 Å². The highest BCUT2D eigenvalue weighted by Crippen LogP contribution is 2.33. The van der Waals surface area contributed by atoms with Gasteiger partial charge < -0.3 is 9.88 Å². The van der Waals surface area contributed by atoms with Gasteiger partial charge in [0.25, 0.3) is 5.91 Å². The lowest BCUT2D eigenvalue weighted by Gasteiger charge is -2.33. The second-order valence-electron chi connectivity index (χ2n) is 5.08. The monoisotopic (exact) mass is 288 g/mol. The summed E-state index contributed by atoms with van der Waals surface area (Å²) in [6, 6.07) is 3.82.